The predicted molar refractivity (Wildman–Crippen MR) is 131 cm³/mol. The first-order valence-corrected chi connectivity index (χ1v) is 14.1. The highest BCUT2D eigenvalue weighted by molar-refractivity contribution is 7.89. The lowest BCUT2D eigenvalue weighted by Gasteiger charge is -2.34. The Balaban J connectivity index is 1.55. The molecular weight excluding hydrogens is 491 g/mol. The number of benzene rings is 1. The molecule has 1 atom stereocenters. The van der Waals surface area contributed by atoms with E-state index in [0.717, 1.165) is 43.4 Å². The lowest BCUT2D eigenvalue weighted by molar-refractivity contribution is -0.0492. The average Bonchev–Trinajstić information content (AvgIpc) is 3.58. The Labute approximate surface area is 210 Å². The number of fused-ring (bicyclic) bond motifs is 1. The van der Waals surface area contributed by atoms with Gasteiger partial charge in [-0.1, -0.05) is 37.8 Å². The van der Waals surface area contributed by atoms with E-state index in [2.05, 4.69) is 9.97 Å². The van der Waals surface area contributed by atoms with Gasteiger partial charge in [0.1, 0.15) is 5.82 Å². The summed E-state index contributed by atoms with van der Waals surface area (Å²) in [4.78, 5) is 10.7. The number of halogens is 3. The van der Waals surface area contributed by atoms with Crippen molar-refractivity contribution in [3.63, 3.8) is 0 Å². The van der Waals surface area contributed by atoms with Crippen LogP contribution in [0.3, 0.4) is 0 Å². The molecule has 1 unspecified atom stereocenters. The van der Waals surface area contributed by atoms with Gasteiger partial charge in [0.15, 0.2) is 0 Å². The van der Waals surface area contributed by atoms with E-state index in [1.54, 1.807) is 0 Å². The van der Waals surface area contributed by atoms with Gasteiger partial charge in [0, 0.05) is 24.8 Å². The fourth-order valence-corrected chi connectivity index (χ4v) is 6.55. The van der Waals surface area contributed by atoms with Crippen LogP contribution < -0.4 is 10.6 Å². The van der Waals surface area contributed by atoms with Crippen molar-refractivity contribution < 1.29 is 21.6 Å². The number of nitrogens with zero attached hydrogens (tertiary/aromatic N) is 4. The zero-order valence-electron chi connectivity index (χ0n) is 20.1. The Morgan fingerprint density at radius 1 is 1.03 bits per heavy atom. The maximum absolute atomic E-state index is 13.7. The van der Waals surface area contributed by atoms with Gasteiger partial charge < -0.3 is 10.6 Å². The van der Waals surface area contributed by atoms with Gasteiger partial charge in [-0.2, -0.15) is 17.5 Å². The Morgan fingerprint density at radius 3 is 2.36 bits per heavy atom. The van der Waals surface area contributed by atoms with Crippen molar-refractivity contribution in [1.82, 2.24) is 14.3 Å². The summed E-state index contributed by atoms with van der Waals surface area (Å²) in [5.41, 5.74) is 3.19. The van der Waals surface area contributed by atoms with Gasteiger partial charge in [-0.3, -0.25) is 0 Å². The zero-order valence-corrected chi connectivity index (χ0v) is 20.9. The first-order chi connectivity index (χ1) is 17.1. The molecule has 0 bridgehead atoms. The van der Waals surface area contributed by atoms with Crippen LogP contribution in [-0.4, -0.2) is 40.8 Å². The highest BCUT2D eigenvalue weighted by Gasteiger charge is 2.51. The van der Waals surface area contributed by atoms with Gasteiger partial charge in [-0.25, -0.2) is 18.4 Å². The van der Waals surface area contributed by atoms with Crippen LogP contribution in [0.5, 0.6) is 0 Å². The topological polar surface area (TPSA) is 92.4 Å². The lowest BCUT2D eigenvalue weighted by Crippen LogP contribution is -2.47. The van der Waals surface area contributed by atoms with E-state index in [-0.39, 0.29) is 19.6 Å². The van der Waals surface area contributed by atoms with Gasteiger partial charge in [0.2, 0.25) is 0 Å². The maximum Gasteiger partial charge on any atom is 0.511 e. The molecule has 1 aliphatic heterocycles. The second-order valence-corrected chi connectivity index (χ2v) is 12.3. The zero-order chi connectivity index (χ0) is 25.5. The number of rotatable bonds is 7. The number of alkyl halides is 3. The summed E-state index contributed by atoms with van der Waals surface area (Å²) in [5, 5.41) is 0. The van der Waals surface area contributed by atoms with Gasteiger partial charge in [-0.05, 0) is 54.7 Å². The number of hydrogen-bond acceptors (Lipinski definition) is 6. The molecule has 196 valence electrons. The third kappa shape index (κ3) is 5.32. The van der Waals surface area contributed by atoms with E-state index in [1.165, 1.54) is 25.2 Å². The molecule has 0 spiro atoms. The summed E-state index contributed by atoms with van der Waals surface area (Å²) >= 11 is 0. The Morgan fingerprint density at radius 2 is 1.72 bits per heavy atom. The smallest absolute Gasteiger partial charge is 0.396 e. The van der Waals surface area contributed by atoms with Gasteiger partial charge in [-0.15, -0.1) is 0 Å². The highest BCUT2D eigenvalue weighted by Crippen LogP contribution is 2.43. The van der Waals surface area contributed by atoms with Crippen LogP contribution in [0.25, 0.3) is 0 Å². The molecule has 1 aromatic carbocycles. The minimum Gasteiger partial charge on any atom is -0.396 e. The second kappa shape index (κ2) is 9.81. The Bertz CT molecular complexity index is 1180. The van der Waals surface area contributed by atoms with Gasteiger partial charge in [0.05, 0.1) is 24.6 Å². The van der Waals surface area contributed by atoms with Crippen LogP contribution in [0.4, 0.5) is 24.5 Å². The van der Waals surface area contributed by atoms with Gasteiger partial charge >= 0.3 is 15.5 Å². The summed E-state index contributed by atoms with van der Waals surface area (Å²) in [7, 11) is -5.50. The van der Waals surface area contributed by atoms with Crippen molar-refractivity contribution >= 4 is 21.4 Å². The van der Waals surface area contributed by atoms with E-state index in [0.29, 0.717) is 39.6 Å². The molecule has 1 aromatic heterocycles. The monoisotopic (exact) mass is 523 g/mol. The molecule has 2 aliphatic carbocycles. The largest absolute Gasteiger partial charge is 0.511 e. The van der Waals surface area contributed by atoms with Crippen molar-refractivity contribution in [2.75, 3.05) is 17.2 Å². The summed E-state index contributed by atoms with van der Waals surface area (Å²) in [6.45, 7) is -0.293. The quantitative estimate of drug-likeness (QED) is 0.552. The van der Waals surface area contributed by atoms with Crippen molar-refractivity contribution in [2.45, 2.75) is 81.9 Å². The first-order valence-electron chi connectivity index (χ1n) is 12.6. The molecule has 36 heavy (non-hydrogen) atoms. The van der Waals surface area contributed by atoms with E-state index in [9.17, 15) is 21.6 Å². The number of hydrogen-bond donors (Lipinski definition) is 1. The summed E-state index contributed by atoms with van der Waals surface area (Å²) in [6, 6.07) is 5.40. The molecule has 0 amide bonds. The fraction of sp³-hybridized carbons (Fsp3) is 0.600. The molecule has 0 saturated heterocycles. The van der Waals surface area contributed by atoms with E-state index in [1.807, 2.05) is 23.1 Å². The average molecular weight is 524 g/mol. The van der Waals surface area contributed by atoms with Crippen molar-refractivity contribution in [3.05, 3.63) is 47.5 Å². The third-order valence-electron chi connectivity index (χ3n) is 7.72. The predicted octanol–water partition coefficient (Wildman–Crippen LogP) is 4.95. The van der Waals surface area contributed by atoms with E-state index in [4.69, 9.17) is 5.73 Å². The van der Waals surface area contributed by atoms with Crippen LogP contribution in [0.1, 0.15) is 74.2 Å². The SMILES string of the molecule is Nc1cnc(CN2c3ccc(C4CC4)cc3CN(S(=O)(=O)C(F)(F)F)CC2CCC2CCCC2)nc1. The van der Waals surface area contributed by atoms with Crippen LogP contribution in [0.2, 0.25) is 0 Å². The Kier molecular flexibility index (Phi) is 6.88. The second-order valence-electron chi connectivity index (χ2n) is 10.3. The Hall–Kier alpha value is -2.40. The van der Waals surface area contributed by atoms with Crippen LogP contribution in [0.15, 0.2) is 30.6 Å². The molecule has 2 fully saturated rings. The van der Waals surface area contributed by atoms with Crippen molar-refractivity contribution in [1.29, 1.82) is 0 Å². The maximum atomic E-state index is 13.7. The lowest BCUT2D eigenvalue weighted by atomic mass is 9.97. The molecule has 2 aromatic rings. The molecule has 2 heterocycles. The van der Waals surface area contributed by atoms with Crippen LogP contribution in [-0.2, 0) is 23.1 Å². The first kappa shape index (κ1) is 25.3. The number of anilines is 2. The fourth-order valence-electron chi connectivity index (χ4n) is 5.58. The molecule has 3 aliphatic rings. The van der Waals surface area contributed by atoms with Crippen LogP contribution >= 0.6 is 0 Å². The van der Waals surface area contributed by atoms with Crippen molar-refractivity contribution in [3.8, 4) is 0 Å². The van der Waals surface area contributed by atoms with E-state index >= 15 is 0 Å². The molecule has 7 nitrogen and oxygen atoms in total. The molecule has 11 heteroatoms. The number of aromatic nitrogens is 2. The molecule has 2 saturated carbocycles. The molecule has 5 rings (SSSR count). The summed E-state index contributed by atoms with van der Waals surface area (Å²) < 4.78 is 67.1. The number of nitrogens with two attached hydrogens (primary N) is 1. The summed E-state index contributed by atoms with van der Waals surface area (Å²) in [6.07, 6.45) is 11.1. The summed E-state index contributed by atoms with van der Waals surface area (Å²) in [5.74, 6) is 1.39. The van der Waals surface area contributed by atoms with Crippen LogP contribution in [0, 0.1) is 5.92 Å². The normalized spacial score (nSPS) is 22.0. The van der Waals surface area contributed by atoms with Gasteiger partial charge in [0.25, 0.3) is 0 Å². The number of sulfonamides is 1. The minimum atomic E-state index is -5.50. The number of nitrogen functional groups attached to an aromatic ring is 1. The minimum absolute atomic E-state index is 0.239. The standard InChI is InChI=1S/C25H32F3N5O2S/c26-25(27,28)36(34,35)32-14-20-11-19(18-6-7-18)8-10-23(20)33(16-24-30-12-21(29)13-31-24)22(15-32)9-5-17-3-1-2-4-17/h8,10-13,17-18,22H,1-7,9,14-16,29H2. The molecular formula is C25H32F3N5O2S. The van der Waals surface area contributed by atoms with E-state index < -0.39 is 21.6 Å². The molecule has 2 N–H and O–H groups in total. The molecule has 0 radical (unpaired) electrons. The van der Waals surface area contributed by atoms with Crippen molar-refractivity contribution in [2.24, 2.45) is 5.92 Å². The highest BCUT2D eigenvalue weighted by atomic mass is 32.2. The third-order valence-corrected chi connectivity index (χ3v) is 9.26.